The lowest BCUT2D eigenvalue weighted by atomic mass is 10.1. The summed E-state index contributed by atoms with van der Waals surface area (Å²) >= 11 is 0. The third-order valence-corrected chi connectivity index (χ3v) is 1.54. The molecule has 0 aromatic heterocycles. The molecule has 4 heteroatoms. The fourth-order valence-corrected chi connectivity index (χ4v) is 0.969. The van der Waals surface area contributed by atoms with Crippen LogP contribution in [0.1, 0.15) is 26.7 Å². The maximum Gasteiger partial charge on any atom is 0.331 e. The summed E-state index contributed by atoms with van der Waals surface area (Å²) in [4.78, 5) is 20.7. The zero-order chi connectivity index (χ0) is 9.72. The van der Waals surface area contributed by atoms with Crippen LogP contribution >= 0.6 is 0 Å². The predicted octanol–water partition coefficient (Wildman–Crippen LogP) is 1.27. The van der Waals surface area contributed by atoms with Gasteiger partial charge in [0.1, 0.15) is 0 Å². The van der Waals surface area contributed by atoms with Crippen LogP contribution in [0.15, 0.2) is 11.1 Å². The molecule has 0 bridgehead atoms. The fourth-order valence-electron chi connectivity index (χ4n) is 0.969. The molecule has 0 aliphatic heterocycles. The SMILES string of the molecule is CCC(C(=O)O)=C(C)CC(=O)O. The maximum absolute atomic E-state index is 10.5. The van der Waals surface area contributed by atoms with Gasteiger partial charge in [0.05, 0.1) is 6.42 Å². The lowest BCUT2D eigenvalue weighted by molar-refractivity contribution is -0.136. The third-order valence-electron chi connectivity index (χ3n) is 1.54. The molecule has 0 aromatic rings. The van der Waals surface area contributed by atoms with Crippen molar-refractivity contribution in [3.63, 3.8) is 0 Å². The highest BCUT2D eigenvalue weighted by molar-refractivity contribution is 5.88. The summed E-state index contributed by atoms with van der Waals surface area (Å²) in [5.74, 6) is -2.03. The number of hydrogen-bond donors (Lipinski definition) is 2. The Morgan fingerprint density at radius 1 is 1.25 bits per heavy atom. The molecule has 0 spiro atoms. The number of carbonyl (C=O) groups is 2. The molecule has 0 fully saturated rings. The van der Waals surface area contributed by atoms with Gasteiger partial charge < -0.3 is 10.2 Å². The van der Waals surface area contributed by atoms with E-state index in [0.717, 1.165) is 0 Å². The Bertz CT molecular complexity index is 227. The van der Waals surface area contributed by atoms with E-state index in [0.29, 0.717) is 12.0 Å². The molecule has 2 N–H and O–H groups in total. The Labute approximate surface area is 70.5 Å². The van der Waals surface area contributed by atoms with Gasteiger partial charge >= 0.3 is 11.9 Å². The second-order valence-corrected chi connectivity index (χ2v) is 2.49. The summed E-state index contributed by atoms with van der Waals surface area (Å²) in [5.41, 5.74) is 0.606. The van der Waals surface area contributed by atoms with Crippen molar-refractivity contribution in [2.75, 3.05) is 0 Å². The van der Waals surface area contributed by atoms with Gasteiger partial charge in [-0.3, -0.25) is 4.79 Å². The first-order valence-electron chi connectivity index (χ1n) is 3.62. The van der Waals surface area contributed by atoms with E-state index in [9.17, 15) is 9.59 Å². The van der Waals surface area contributed by atoms with Gasteiger partial charge in [0, 0.05) is 5.57 Å². The molecule has 68 valence electrons. The van der Waals surface area contributed by atoms with E-state index in [-0.39, 0.29) is 12.0 Å². The zero-order valence-corrected chi connectivity index (χ0v) is 7.13. The van der Waals surface area contributed by atoms with E-state index in [1.165, 1.54) is 6.92 Å². The van der Waals surface area contributed by atoms with Gasteiger partial charge in [-0.05, 0) is 13.3 Å². The quantitative estimate of drug-likeness (QED) is 0.626. The molecule has 12 heavy (non-hydrogen) atoms. The first-order valence-corrected chi connectivity index (χ1v) is 3.62. The smallest absolute Gasteiger partial charge is 0.331 e. The molecule has 0 aromatic carbocycles. The van der Waals surface area contributed by atoms with Gasteiger partial charge in [0.15, 0.2) is 0 Å². The largest absolute Gasteiger partial charge is 0.481 e. The lowest BCUT2D eigenvalue weighted by Crippen LogP contribution is -2.05. The molecular weight excluding hydrogens is 160 g/mol. The number of aliphatic carboxylic acids is 2. The molecule has 0 unspecified atom stereocenters. The summed E-state index contributed by atoms with van der Waals surface area (Å²) < 4.78 is 0. The molecule has 0 aliphatic carbocycles. The van der Waals surface area contributed by atoms with Crippen LogP contribution < -0.4 is 0 Å². The minimum absolute atomic E-state index is 0.192. The van der Waals surface area contributed by atoms with Crippen molar-refractivity contribution in [3.05, 3.63) is 11.1 Å². The topological polar surface area (TPSA) is 74.6 Å². The Balaban J connectivity index is 4.60. The van der Waals surface area contributed by atoms with E-state index in [1.54, 1.807) is 6.92 Å². The monoisotopic (exact) mass is 172 g/mol. The van der Waals surface area contributed by atoms with Crippen LogP contribution in [0.3, 0.4) is 0 Å². The highest BCUT2D eigenvalue weighted by atomic mass is 16.4. The minimum Gasteiger partial charge on any atom is -0.481 e. The van der Waals surface area contributed by atoms with Crippen molar-refractivity contribution >= 4 is 11.9 Å². The Morgan fingerprint density at radius 2 is 1.75 bits per heavy atom. The van der Waals surface area contributed by atoms with Gasteiger partial charge in [0.25, 0.3) is 0 Å². The lowest BCUT2D eigenvalue weighted by Gasteiger charge is -2.02. The number of carboxylic acid groups (broad SMARTS) is 2. The van der Waals surface area contributed by atoms with Crippen molar-refractivity contribution in [2.45, 2.75) is 26.7 Å². The molecule has 0 atom stereocenters. The molecule has 0 saturated carbocycles. The average molecular weight is 172 g/mol. The first kappa shape index (κ1) is 10.7. The molecule has 4 nitrogen and oxygen atoms in total. The molecule has 0 rings (SSSR count). The Morgan fingerprint density at radius 3 is 2.00 bits per heavy atom. The maximum atomic E-state index is 10.5. The number of carboxylic acids is 2. The van der Waals surface area contributed by atoms with Crippen molar-refractivity contribution in [1.29, 1.82) is 0 Å². The van der Waals surface area contributed by atoms with E-state index < -0.39 is 11.9 Å². The van der Waals surface area contributed by atoms with Crippen molar-refractivity contribution < 1.29 is 19.8 Å². The molecule has 0 saturated heterocycles. The fraction of sp³-hybridized carbons (Fsp3) is 0.500. The van der Waals surface area contributed by atoms with Crippen LogP contribution in [-0.4, -0.2) is 22.2 Å². The van der Waals surface area contributed by atoms with Gasteiger partial charge in [-0.1, -0.05) is 12.5 Å². The van der Waals surface area contributed by atoms with Crippen molar-refractivity contribution in [2.24, 2.45) is 0 Å². The summed E-state index contributed by atoms with van der Waals surface area (Å²) in [6.45, 7) is 3.22. The molecule has 0 aliphatic rings. The van der Waals surface area contributed by atoms with Crippen LogP contribution in [0.25, 0.3) is 0 Å². The van der Waals surface area contributed by atoms with Gasteiger partial charge in [-0.25, -0.2) is 4.79 Å². The second-order valence-electron chi connectivity index (χ2n) is 2.49. The van der Waals surface area contributed by atoms with E-state index >= 15 is 0 Å². The molecule has 0 amide bonds. The summed E-state index contributed by atoms with van der Waals surface area (Å²) in [6, 6.07) is 0. The van der Waals surface area contributed by atoms with Gasteiger partial charge in [-0.15, -0.1) is 0 Å². The zero-order valence-electron chi connectivity index (χ0n) is 7.13. The van der Waals surface area contributed by atoms with Crippen LogP contribution in [0.4, 0.5) is 0 Å². The first-order chi connectivity index (χ1) is 5.49. The normalized spacial score (nSPS) is 12.2. The van der Waals surface area contributed by atoms with Gasteiger partial charge in [-0.2, -0.15) is 0 Å². The summed E-state index contributed by atoms with van der Waals surface area (Å²) in [5, 5.41) is 17.0. The highest BCUT2D eigenvalue weighted by Crippen LogP contribution is 2.11. The Kier molecular flexibility index (Phi) is 4.04. The highest BCUT2D eigenvalue weighted by Gasteiger charge is 2.10. The second kappa shape index (κ2) is 4.54. The van der Waals surface area contributed by atoms with Crippen LogP contribution in [-0.2, 0) is 9.59 Å². The summed E-state index contributed by atoms with van der Waals surface area (Å²) in [6.07, 6.45) is 0.157. The van der Waals surface area contributed by atoms with Gasteiger partial charge in [0.2, 0.25) is 0 Å². The molecular formula is C8H12O4. The third kappa shape index (κ3) is 3.18. The minimum atomic E-state index is -1.03. The standard InChI is InChI=1S/C8H12O4/c1-3-6(8(11)12)5(2)4-7(9)10/h3-4H2,1-2H3,(H,9,10)(H,11,12). The van der Waals surface area contributed by atoms with Crippen molar-refractivity contribution in [3.8, 4) is 0 Å². The molecule has 0 radical (unpaired) electrons. The van der Waals surface area contributed by atoms with Crippen LogP contribution in [0.5, 0.6) is 0 Å². The predicted molar refractivity (Wildman–Crippen MR) is 42.9 cm³/mol. The molecule has 0 heterocycles. The van der Waals surface area contributed by atoms with Crippen LogP contribution in [0.2, 0.25) is 0 Å². The Hall–Kier alpha value is -1.32. The van der Waals surface area contributed by atoms with Crippen LogP contribution in [0, 0.1) is 0 Å². The number of hydrogen-bond acceptors (Lipinski definition) is 2. The van der Waals surface area contributed by atoms with E-state index in [2.05, 4.69) is 0 Å². The number of rotatable bonds is 4. The van der Waals surface area contributed by atoms with Crippen molar-refractivity contribution in [1.82, 2.24) is 0 Å². The van der Waals surface area contributed by atoms with E-state index in [4.69, 9.17) is 10.2 Å². The average Bonchev–Trinajstić information content (AvgIpc) is 1.85. The summed E-state index contributed by atoms with van der Waals surface area (Å²) in [7, 11) is 0. The van der Waals surface area contributed by atoms with E-state index in [1.807, 2.05) is 0 Å².